The lowest BCUT2D eigenvalue weighted by Gasteiger charge is -2.17. The Bertz CT molecular complexity index is 784. The Balaban J connectivity index is 1.45. The van der Waals surface area contributed by atoms with Crippen molar-refractivity contribution in [2.24, 2.45) is 0 Å². The molecule has 2 heterocycles. The molecule has 0 radical (unpaired) electrons. The van der Waals surface area contributed by atoms with E-state index in [9.17, 15) is 4.79 Å². The van der Waals surface area contributed by atoms with Crippen molar-refractivity contribution >= 4 is 5.91 Å². The standard InChI is InChI=1S/C18H21N3O4/c1-23-14-6-3-11(7-15(14)24-2)9-21-10-13(8-16(21)22)18-19-17(20-25-18)12-4-5-12/h3,6-7,12-13H,4-5,8-10H2,1-2H3. The van der Waals surface area contributed by atoms with E-state index in [1.165, 1.54) is 0 Å². The third-order valence-corrected chi connectivity index (χ3v) is 4.79. The van der Waals surface area contributed by atoms with Crippen LogP contribution in [-0.2, 0) is 11.3 Å². The first kappa shape index (κ1) is 15.9. The van der Waals surface area contributed by atoms with Gasteiger partial charge < -0.3 is 18.9 Å². The van der Waals surface area contributed by atoms with Crippen LogP contribution in [0.15, 0.2) is 22.7 Å². The molecule has 1 saturated heterocycles. The van der Waals surface area contributed by atoms with Crippen LogP contribution in [0.1, 0.15) is 48.4 Å². The highest BCUT2D eigenvalue weighted by atomic mass is 16.5. The van der Waals surface area contributed by atoms with Crippen LogP contribution in [0, 0.1) is 0 Å². The number of likely N-dealkylation sites (tertiary alicyclic amines) is 1. The Morgan fingerprint density at radius 1 is 1.20 bits per heavy atom. The molecule has 1 aliphatic carbocycles. The van der Waals surface area contributed by atoms with Gasteiger partial charge in [0.25, 0.3) is 0 Å². The van der Waals surface area contributed by atoms with E-state index >= 15 is 0 Å². The van der Waals surface area contributed by atoms with Crippen LogP contribution in [-0.4, -0.2) is 41.7 Å². The summed E-state index contributed by atoms with van der Waals surface area (Å²) in [7, 11) is 3.21. The first-order valence-corrected chi connectivity index (χ1v) is 8.50. The zero-order valence-electron chi connectivity index (χ0n) is 14.4. The van der Waals surface area contributed by atoms with Crippen molar-refractivity contribution in [3.8, 4) is 11.5 Å². The lowest BCUT2D eigenvalue weighted by molar-refractivity contribution is -0.128. The Morgan fingerprint density at radius 2 is 2.00 bits per heavy atom. The van der Waals surface area contributed by atoms with Gasteiger partial charge in [-0.2, -0.15) is 4.98 Å². The molecule has 2 aromatic rings. The van der Waals surface area contributed by atoms with Crippen LogP contribution >= 0.6 is 0 Å². The van der Waals surface area contributed by atoms with Gasteiger partial charge in [-0.3, -0.25) is 4.79 Å². The van der Waals surface area contributed by atoms with Crippen molar-refractivity contribution in [2.45, 2.75) is 37.6 Å². The Labute approximate surface area is 145 Å². The normalized spacial score (nSPS) is 20.2. The first-order valence-electron chi connectivity index (χ1n) is 8.50. The van der Waals surface area contributed by atoms with Gasteiger partial charge in [0.2, 0.25) is 11.8 Å². The minimum atomic E-state index is -0.0207. The lowest BCUT2D eigenvalue weighted by atomic mass is 10.1. The third-order valence-electron chi connectivity index (χ3n) is 4.79. The molecule has 0 spiro atoms. The number of methoxy groups -OCH3 is 2. The summed E-state index contributed by atoms with van der Waals surface area (Å²) in [6.07, 6.45) is 2.68. The van der Waals surface area contributed by atoms with Crippen LogP contribution < -0.4 is 9.47 Å². The fourth-order valence-corrected chi connectivity index (χ4v) is 3.21. The topological polar surface area (TPSA) is 77.7 Å². The summed E-state index contributed by atoms with van der Waals surface area (Å²) in [6, 6.07) is 5.70. The molecule has 7 nitrogen and oxygen atoms in total. The molecule has 25 heavy (non-hydrogen) atoms. The number of carbonyl (C=O) groups excluding carboxylic acids is 1. The number of carbonyl (C=O) groups is 1. The first-order chi connectivity index (χ1) is 12.2. The minimum Gasteiger partial charge on any atom is -0.493 e. The van der Waals surface area contributed by atoms with E-state index < -0.39 is 0 Å². The smallest absolute Gasteiger partial charge is 0.232 e. The van der Waals surface area contributed by atoms with Crippen LogP contribution in [0.25, 0.3) is 0 Å². The zero-order chi connectivity index (χ0) is 17.4. The Kier molecular flexibility index (Phi) is 4.07. The van der Waals surface area contributed by atoms with Gasteiger partial charge >= 0.3 is 0 Å². The van der Waals surface area contributed by atoms with Gasteiger partial charge in [-0.15, -0.1) is 0 Å². The molecule has 2 fully saturated rings. The van der Waals surface area contributed by atoms with Gasteiger partial charge in [0.15, 0.2) is 17.3 Å². The Morgan fingerprint density at radius 3 is 2.72 bits per heavy atom. The molecule has 132 valence electrons. The Hall–Kier alpha value is -2.57. The van der Waals surface area contributed by atoms with Crippen molar-refractivity contribution in [3.63, 3.8) is 0 Å². The summed E-state index contributed by atoms with van der Waals surface area (Å²) < 4.78 is 16.0. The van der Waals surface area contributed by atoms with Gasteiger partial charge in [-0.25, -0.2) is 0 Å². The van der Waals surface area contributed by atoms with Crippen molar-refractivity contribution in [2.75, 3.05) is 20.8 Å². The summed E-state index contributed by atoms with van der Waals surface area (Å²) >= 11 is 0. The molecule has 1 aliphatic heterocycles. The van der Waals surface area contributed by atoms with E-state index in [2.05, 4.69) is 10.1 Å². The van der Waals surface area contributed by atoms with E-state index in [0.717, 1.165) is 24.2 Å². The summed E-state index contributed by atoms with van der Waals surface area (Å²) in [5.74, 6) is 3.26. The second-order valence-electron chi connectivity index (χ2n) is 6.63. The predicted molar refractivity (Wildman–Crippen MR) is 88.6 cm³/mol. The second kappa shape index (κ2) is 6.38. The minimum absolute atomic E-state index is 0.0207. The number of hydrogen-bond donors (Lipinski definition) is 0. The van der Waals surface area contributed by atoms with Crippen molar-refractivity contribution in [1.29, 1.82) is 0 Å². The highest BCUT2D eigenvalue weighted by Crippen LogP contribution is 2.39. The maximum absolute atomic E-state index is 12.4. The summed E-state index contributed by atoms with van der Waals surface area (Å²) in [5.41, 5.74) is 0.996. The van der Waals surface area contributed by atoms with Crippen molar-refractivity contribution < 1.29 is 18.8 Å². The number of aromatic nitrogens is 2. The summed E-state index contributed by atoms with van der Waals surface area (Å²) in [4.78, 5) is 18.7. The highest BCUT2D eigenvalue weighted by Gasteiger charge is 2.36. The number of hydrogen-bond acceptors (Lipinski definition) is 6. The summed E-state index contributed by atoms with van der Waals surface area (Å²) in [5, 5.41) is 4.05. The number of nitrogens with zero attached hydrogens (tertiary/aromatic N) is 3. The molecule has 0 bridgehead atoms. The number of benzene rings is 1. The molecule has 1 atom stereocenters. The molecule has 0 N–H and O–H groups in total. The molecule has 1 aromatic heterocycles. The fourth-order valence-electron chi connectivity index (χ4n) is 3.21. The van der Waals surface area contributed by atoms with Gasteiger partial charge in [0.05, 0.1) is 20.1 Å². The lowest BCUT2D eigenvalue weighted by Crippen LogP contribution is -2.24. The van der Waals surface area contributed by atoms with Crippen molar-refractivity contribution in [3.05, 3.63) is 35.5 Å². The molecule has 1 unspecified atom stereocenters. The number of rotatable bonds is 6. The zero-order valence-corrected chi connectivity index (χ0v) is 14.4. The SMILES string of the molecule is COc1ccc(CN2CC(c3nc(C4CC4)no3)CC2=O)cc1OC. The van der Waals surface area contributed by atoms with Crippen LogP contribution in [0.4, 0.5) is 0 Å². The molecule has 7 heteroatoms. The van der Waals surface area contributed by atoms with Gasteiger partial charge in [0, 0.05) is 25.4 Å². The number of ether oxygens (including phenoxy) is 2. The molecule has 1 amide bonds. The molecule has 4 rings (SSSR count). The quantitative estimate of drug-likeness (QED) is 0.802. The average molecular weight is 343 g/mol. The molecule has 1 aromatic carbocycles. The van der Waals surface area contributed by atoms with Gasteiger partial charge in [-0.05, 0) is 30.5 Å². The van der Waals surface area contributed by atoms with Crippen molar-refractivity contribution in [1.82, 2.24) is 15.0 Å². The second-order valence-corrected chi connectivity index (χ2v) is 6.63. The maximum atomic E-state index is 12.4. The summed E-state index contributed by atoms with van der Waals surface area (Å²) in [6.45, 7) is 1.12. The van der Waals surface area contributed by atoms with E-state index in [1.807, 2.05) is 23.1 Å². The van der Waals surface area contributed by atoms with E-state index in [4.69, 9.17) is 14.0 Å². The van der Waals surface area contributed by atoms with Crippen LogP contribution in [0.5, 0.6) is 11.5 Å². The monoisotopic (exact) mass is 343 g/mol. The average Bonchev–Trinajstić information content (AvgIpc) is 3.25. The highest BCUT2D eigenvalue weighted by molar-refractivity contribution is 5.79. The molecular formula is C18H21N3O4. The van der Waals surface area contributed by atoms with E-state index in [-0.39, 0.29) is 11.8 Å². The van der Waals surface area contributed by atoms with Crippen LogP contribution in [0.3, 0.4) is 0 Å². The third kappa shape index (κ3) is 3.18. The van der Waals surface area contributed by atoms with E-state index in [0.29, 0.717) is 42.8 Å². The molecule has 1 saturated carbocycles. The molecular weight excluding hydrogens is 322 g/mol. The van der Waals surface area contributed by atoms with Gasteiger partial charge in [-0.1, -0.05) is 11.2 Å². The maximum Gasteiger partial charge on any atom is 0.232 e. The molecule has 2 aliphatic rings. The number of amides is 1. The predicted octanol–water partition coefficient (Wildman–Crippen LogP) is 2.48. The van der Waals surface area contributed by atoms with E-state index in [1.54, 1.807) is 14.2 Å². The fraction of sp³-hybridized carbons (Fsp3) is 0.500. The van der Waals surface area contributed by atoms with Crippen LogP contribution in [0.2, 0.25) is 0 Å². The van der Waals surface area contributed by atoms with Gasteiger partial charge in [0.1, 0.15) is 0 Å². The largest absolute Gasteiger partial charge is 0.493 e.